The van der Waals surface area contributed by atoms with E-state index in [0.717, 1.165) is 0 Å². The molecule has 1 aliphatic rings. The lowest BCUT2D eigenvalue weighted by molar-refractivity contribution is 0.598. The number of sulfonamides is 1. The number of fused-ring (bicyclic) bond motifs is 1. The van der Waals surface area contributed by atoms with Crippen LogP contribution in [0.25, 0.3) is 6.08 Å². The van der Waals surface area contributed by atoms with E-state index in [9.17, 15) is 16.8 Å². The van der Waals surface area contributed by atoms with Gasteiger partial charge in [0.25, 0.3) is 0 Å². The van der Waals surface area contributed by atoms with Gasteiger partial charge in [-0.25, -0.2) is 22.0 Å². The maximum absolute atomic E-state index is 11.5. The number of hydrogen-bond acceptors (Lipinski definition) is 5. The quantitative estimate of drug-likeness (QED) is 0.784. The molecule has 0 unspecified atom stereocenters. The highest BCUT2D eigenvalue weighted by molar-refractivity contribution is 7.95. The summed E-state index contributed by atoms with van der Waals surface area (Å²) in [5.41, 5.74) is 0.398. The zero-order valence-electron chi connectivity index (χ0n) is 7.37. The third-order valence-electron chi connectivity index (χ3n) is 1.88. The molecule has 82 valence electrons. The summed E-state index contributed by atoms with van der Waals surface area (Å²) in [6.07, 6.45) is 3.07. The number of nitrogens with two attached hydrogens (primary N) is 1. The Labute approximate surface area is 91.2 Å². The first-order valence-corrected chi connectivity index (χ1v) is 7.88. The molecule has 1 aliphatic heterocycles. The van der Waals surface area contributed by atoms with E-state index in [1.54, 1.807) is 6.08 Å². The molecule has 0 saturated carbocycles. The van der Waals surface area contributed by atoms with Crippen molar-refractivity contribution in [3.8, 4) is 0 Å². The van der Waals surface area contributed by atoms with Crippen molar-refractivity contribution >= 4 is 37.3 Å². The predicted octanol–water partition coefficient (Wildman–Crippen LogP) is 0.196. The predicted molar refractivity (Wildman–Crippen MR) is 56.8 cm³/mol. The van der Waals surface area contributed by atoms with Crippen molar-refractivity contribution < 1.29 is 16.8 Å². The minimum atomic E-state index is -3.83. The van der Waals surface area contributed by atoms with Crippen molar-refractivity contribution in [3.05, 3.63) is 17.7 Å². The molecule has 8 heteroatoms. The maximum atomic E-state index is 11.5. The van der Waals surface area contributed by atoms with Gasteiger partial charge in [-0.1, -0.05) is 12.2 Å². The summed E-state index contributed by atoms with van der Waals surface area (Å²) in [6.45, 7) is 0. The monoisotopic (exact) mass is 265 g/mol. The van der Waals surface area contributed by atoms with Gasteiger partial charge in [0.2, 0.25) is 10.0 Å². The van der Waals surface area contributed by atoms with Crippen LogP contribution >= 0.6 is 11.3 Å². The number of primary sulfonamides is 1. The van der Waals surface area contributed by atoms with Crippen LogP contribution in [0.3, 0.4) is 0 Å². The van der Waals surface area contributed by atoms with Gasteiger partial charge >= 0.3 is 0 Å². The van der Waals surface area contributed by atoms with Crippen LogP contribution in [0.1, 0.15) is 5.56 Å². The van der Waals surface area contributed by atoms with Crippen LogP contribution in [-0.4, -0.2) is 22.6 Å². The first kappa shape index (κ1) is 10.8. The summed E-state index contributed by atoms with van der Waals surface area (Å²) < 4.78 is 45.1. The van der Waals surface area contributed by atoms with Gasteiger partial charge in [-0.05, 0) is 6.07 Å². The zero-order chi connectivity index (χ0) is 11.3. The lowest BCUT2D eigenvalue weighted by Crippen LogP contribution is -2.10. The van der Waals surface area contributed by atoms with Crippen LogP contribution in [0.2, 0.25) is 0 Å². The molecule has 1 aromatic heterocycles. The van der Waals surface area contributed by atoms with Crippen LogP contribution in [0.15, 0.2) is 20.6 Å². The highest BCUT2D eigenvalue weighted by Crippen LogP contribution is 2.33. The van der Waals surface area contributed by atoms with Crippen molar-refractivity contribution in [3.63, 3.8) is 0 Å². The van der Waals surface area contributed by atoms with Gasteiger partial charge in [-0.2, -0.15) is 0 Å². The summed E-state index contributed by atoms with van der Waals surface area (Å²) in [5.74, 6) is -0.0927. The summed E-state index contributed by atoms with van der Waals surface area (Å²) in [7, 11) is -7.20. The van der Waals surface area contributed by atoms with Gasteiger partial charge in [-0.15, -0.1) is 11.3 Å². The molecule has 5 nitrogen and oxygen atoms in total. The molecular formula is C7H7NO4S3. The van der Waals surface area contributed by atoms with Crippen LogP contribution < -0.4 is 5.14 Å². The molecular weight excluding hydrogens is 258 g/mol. The van der Waals surface area contributed by atoms with Gasteiger partial charge in [0.15, 0.2) is 9.84 Å². The van der Waals surface area contributed by atoms with Gasteiger partial charge in [0, 0.05) is 5.56 Å². The fourth-order valence-electron chi connectivity index (χ4n) is 1.24. The molecule has 2 rings (SSSR count). The van der Waals surface area contributed by atoms with Crippen molar-refractivity contribution in [1.82, 2.24) is 0 Å². The highest BCUT2D eigenvalue weighted by Gasteiger charge is 2.26. The van der Waals surface area contributed by atoms with Crippen LogP contribution in [-0.2, 0) is 19.9 Å². The second-order valence-electron chi connectivity index (χ2n) is 3.04. The largest absolute Gasteiger partial charge is 0.247 e. The normalized spacial score (nSPS) is 18.7. The molecule has 2 heterocycles. The average Bonchev–Trinajstić information content (AvgIpc) is 2.47. The molecule has 0 spiro atoms. The molecule has 0 bridgehead atoms. The zero-order valence-corrected chi connectivity index (χ0v) is 9.82. The van der Waals surface area contributed by atoms with Crippen molar-refractivity contribution in [2.75, 3.05) is 5.75 Å². The maximum Gasteiger partial charge on any atom is 0.247 e. The Balaban J connectivity index is 2.74. The number of sulfone groups is 1. The summed E-state index contributed by atoms with van der Waals surface area (Å²) in [5, 5.41) is 4.92. The Morgan fingerprint density at radius 3 is 2.60 bits per heavy atom. The lowest BCUT2D eigenvalue weighted by atomic mass is 10.3. The van der Waals surface area contributed by atoms with E-state index >= 15 is 0 Å². The molecule has 0 aromatic carbocycles. The summed E-state index contributed by atoms with van der Waals surface area (Å²) in [6, 6.07) is 1.28. The van der Waals surface area contributed by atoms with E-state index in [-0.39, 0.29) is 14.2 Å². The van der Waals surface area contributed by atoms with Crippen molar-refractivity contribution in [2.45, 2.75) is 8.42 Å². The Morgan fingerprint density at radius 1 is 1.40 bits per heavy atom. The second kappa shape index (κ2) is 3.14. The van der Waals surface area contributed by atoms with Gasteiger partial charge in [0.1, 0.15) is 8.42 Å². The minimum Gasteiger partial charge on any atom is -0.224 e. The van der Waals surface area contributed by atoms with Gasteiger partial charge < -0.3 is 0 Å². The third-order valence-corrected chi connectivity index (χ3v) is 6.69. The van der Waals surface area contributed by atoms with Crippen LogP contribution in [0.4, 0.5) is 0 Å². The molecule has 0 fully saturated rings. The van der Waals surface area contributed by atoms with Gasteiger partial charge in [-0.3, -0.25) is 0 Å². The molecule has 2 N–H and O–H groups in total. The second-order valence-corrected chi connectivity index (χ2v) is 8.11. The molecule has 0 radical (unpaired) electrons. The smallest absolute Gasteiger partial charge is 0.224 e. The van der Waals surface area contributed by atoms with Crippen LogP contribution in [0.5, 0.6) is 0 Å². The molecule has 15 heavy (non-hydrogen) atoms. The first-order valence-electron chi connectivity index (χ1n) is 3.87. The number of thiophene rings is 1. The van der Waals surface area contributed by atoms with E-state index < -0.39 is 19.9 Å². The van der Waals surface area contributed by atoms with E-state index in [1.807, 2.05) is 0 Å². The standard InChI is InChI=1S/C7H7NO4S3/c8-15(11,12)6-4-5-2-1-3-14(9,10)7(5)13-6/h1-2,4H,3H2,(H2,8,11,12). The molecule has 0 saturated heterocycles. The van der Waals surface area contributed by atoms with Crippen LogP contribution in [0, 0.1) is 0 Å². The molecule has 1 aromatic rings. The van der Waals surface area contributed by atoms with E-state index in [1.165, 1.54) is 12.1 Å². The molecule has 0 amide bonds. The Morgan fingerprint density at radius 2 is 2.07 bits per heavy atom. The van der Waals surface area contributed by atoms with Gasteiger partial charge in [0.05, 0.1) is 5.75 Å². The fourth-order valence-corrected chi connectivity index (χ4v) is 4.99. The average molecular weight is 265 g/mol. The Bertz CT molecular complexity index is 636. The molecule has 0 atom stereocenters. The minimum absolute atomic E-state index is 0.0778. The lowest BCUT2D eigenvalue weighted by Gasteiger charge is -2.03. The fraction of sp³-hybridized carbons (Fsp3) is 0.143. The van der Waals surface area contributed by atoms with E-state index in [0.29, 0.717) is 16.9 Å². The number of hydrogen-bond donors (Lipinski definition) is 1. The summed E-state index contributed by atoms with van der Waals surface area (Å²) in [4.78, 5) is 0. The summed E-state index contributed by atoms with van der Waals surface area (Å²) >= 11 is 0.697. The number of rotatable bonds is 1. The van der Waals surface area contributed by atoms with E-state index in [2.05, 4.69) is 0 Å². The third kappa shape index (κ3) is 1.85. The first-order chi connectivity index (χ1) is 6.81. The topological polar surface area (TPSA) is 94.3 Å². The molecule has 0 aliphatic carbocycles. The van der Waals surface area contributed by atoms with Crippen molar-refractivity contribution in [1.29, 1.82) is 0 Å². The Kier molecular flexibility index (Phi) is 2.26. The Hall–Kier alpha value is -0.700. The van der Waals surface area contributed by atoms with Crippen molar-refractivity contribution in [2.24, 2.45) is 5.14 Å². The van der Waals surface area contributed by atoms with E-state index in [4.69, 9.17) is 5.14 Å². The highest BCUT2D eigenvalue weighted by atomic mass is 32.3. The SMILES string of the molecule is NS(=O)(=O)c1cc2c(s1)S(=O)(=O)CC=C2.